The van der Waals surface area contributed by atoms with Crippen LogP contribution >= 0.6 is 23.1 Å². The van der Waals surface area contributed by atoms with E-state index in [-0.39, 0.29) is 11.9 Å². The average Bonchev–Trinajstić information content (AvgIpc) is 3.14. The molecule has 3 rings (SSSR count). The number of nitrogens with zero attached hydrogens (tertiary/aromatic N) is 3. The number of carbonyl (C=O) groups is 2. The van der Waals surface area contributed by atoms with Crippen molar-refractivity contribution in [1.82, 2.24) is 15.2 Å². The van der Waals surface area contributed by atoms with Crippen LogP contribution in [0.4, 0.5) is 5.13 Å². The molecule has 0 radical (unpaired) electrons. The second-order valence-corrected chi connectivity index (χ2v) is 7.24. The van der Waals surface area contributed by atoms with Crippen LogP contribution in [0.15, 0.2) is 53.1 Å². The van der Waals surface area contributed by atoms with Gasteiger partial charge in [0.15, 0.2) is 4.34 Å². The van der Waals surface area contributed by atoms with Crippen molar-refractivity contribution in [2.45, 2.75) is 10.1 Å². The Balaban J connectivity index is 1.55. The van der Waals surface area contributed by atoms with Gasteiger partial charge in [0.25, 0.3) is 5.91 Å². The van der Waals surface area contributed by atoms with Crippen molar-refractivity contribution in [1.29, 1.82) is 0 Å². The van der Waals surface area contributed by atoms with E-state index in [1.807, 2.05) is 12.1 Å². The summed E-state index contributed by atoms with van der Waals surface area (Å²) in [5, 5.41) is 11.2. The molecule has 9 heteroatoms. The van der Waals surface area contributed by atoms with Crippen LogP contribution in [-0.2, 0) is 10.5 Å². The van der Waals surface area contributed by atoms with Crippen molar-refractivity contribution in [3.63, 3.8) is 0 Å². The maximum absolute atomic E-state index is 12.1. The molecule has 0 aliphatic carbocycles. The molecule has 0 atom stereocenters. The van der Waals surface area contributed by atoms with E-state index in [1.165, 1.54) is 30.2 Å². The van der Waals surface area contributed by atoms with E-state index in [1.54, 1.807) is 36.7 Å². The van der Waals surface area contributed by atoms with Crippen LogP contribution in [-0.4, -0.2) is 34.2 Å². The normalized spacial score (nSPS) is 10.3. The maximum Gasteiger partial charge on any atom is 0.337 e. The summed E-state index contributed by atoms with van der Waals surface area (Å²) in [4.78, 5) is 27.4. The summed E-state index contributed by atoms with van der Waals surface area (Å²) in [6, 6.07) is 10.4. The number of nitrogens with one attached hydrogen (secondary N) is 1. The largest absolute Gasteiger partial charge is 0.465 e. The number of ether oxygens (including phenoxy) is 1. The number of methoxy groups -OCH3 is 1. The number of thioether (sulfide) groups is 1. The molecule has 0 saturated heterocycles. The standard InChI is InChI=1S/C17H14N4O3S2/c1-24-15(23)13-4-2-11(3-5-13)10-25-17-21-20-16(26-17)19-14(22)12-6-8-18-9-7-12/h2-9H,10H2,1H3,(H,19,20,22). The molecule has 0 saturated carbocycles. The molecule has 7 nitrogen and oxygen atoms in total. The molecule has 132 valence electrons. The Morgan fingerprint density at radius 2 is 1.81 bits per heavy atom. The minimum atomic E-state index is -0.358. The highest BCUT2D eigenvalue weighted by Gasteiger charge is 2.11. The van der Waals surface area contributed by atoms with Gasteiger partial charge in [-0.25, -0.2) is 4.79 Å². The van der Waals surface area contributed by atoms with Crippen LogP contribution in [0.25, 0.3) is 0 Å². The number of anilines is 1. The number of hydrogen-bond donors (Lipinski definition) is 1. The Hall–Kier alpha value is -2.78. The molecule has 1 aromatic carbocycles. The van der Waals surface area contributed by atoms with Crippen LogP contribution in [0, 0.1) is 0 Å². The van der Waals surface area contributed by atoms with Crippen LogP contribution in [0.2, 0.25) is 0 Å². The van der Waals surface area contributed by atoms with Crippen LogP contribution in [0.5, 0.6) is 0 Å². The van der Waals surface area contributed by atoms with Crippen molar-refractivity contribution in [2.24, 2.45) is 0 Å². The van der Waals surface area contributed by atoms with E-state index in [2.05, 4.69) is 25.2 Å². The topological polar surface area (TPSA) is 94.1 Å². The third-order valence-electron chi connectivity index (χ3n) is 3.31. The first-order chi connectivity index (χ1) is 12.7. The number of hydrogen-bond acceptors (Lipinski definition) is 8. The van der Waals surface area contributed by atoms with Gasteiger partial charge in [-0.05, 0) is 29.8 Å². The van der Waals surface area contributed by atoms with Crippen molar-refractivity contribution >= 4 is 40.1 Å². The van der Waals surface area contributed by atoms with Crippen LogP contribution in [0.3, 0.4) is 0 Å². The van der Waals surface area contributed by atoms with Gasteiger partial charge in [-0.15, -0.1) is 10.2 Å². The number of amides is 1. The molecule has 2 heterocycles. The SMILES string of the molecule is COC(=O)c1ccc(CSc2nnc(NC(=O)c3ccncc3)s2)cc1. The first kappa shape index (κ1) is 18.0. The van der Waals surface area contributed by atoms with Crippen molar-refractivity contribution in [3.8, 4) is 0 Å². The predicted molar refractivity (Wildman–Crippen MR) is 99.4 cm³/mol. The molecule has 0 spiro atoms. The minimum absolute atomic E-state index is 0.251. The van der Waals surface area contributed by atoms with E-state index < -0.39 is 0 Å². The van der Waals surface area contributed by atoms with Gasteiger partial charge in [0.1, 0.15) is 0 Å². The van der Waals surface area contributed by atoms with E-state index in [0.29, 0.717) is 22.0 Å². The molecule has 1 N–H and O–H groups in total. The number of aromatic nitrogens is 3. The molecule has 0 aliphatic rings. The molecule has 3 aromatic rings. The fourth-order valence-electron chi connectivity index (χ4n) is 1.99. The van der Waals surface area contributed by atoms with E-state index in [9.17, 15) is 9.59 Å². The van der Waals surface area contributed by atoms with E-state index in [4.69, 9.17) is 0 Å². The Morgan fingerprint density at radius 1 is 1.08 bits per heavy atom. The summed E-state index contributed by atoms with van der Waals surface area (Å²) in [7, 11) is 1.35. The summed E-state index contributed by atoms with van der Waals surface area (Å²) in [6.45, 7) is 0. The Morgan fingerprint density at radius 3 is 2.50 bits per heavy atom. The minimum Gasteiger partial charge on any atom is -0.465 e. The van der Waals surface area contributed by atoms with Gasteiger partial charge in [-0.2, -0.15) is 0 Å². The molecule has 0 bridgehead atoms. The van der Waals surface area contributed by atoms with Gasteiger partial charge in [0.05, 0.1) is 12.7 Å². The zero-order chi connectivity index (χ0) is 18.4. The number of pyridine rings is 1. The van der Waals surface area contributed by atoms with E-state index >= 15 is 0 Å². The summed E-state index contributed by atoms with van der Waals surface area (Å²) in [6.07, 6.45) is 3.11. The quantitative estimate of drug-likeness (QED) is 0.395. The molecule has 26 heavy (non-hydrogen) atoms. The van der Waals surface area contributed by atoms with Crippen molar-refractivity contribution in [2.75, 3.05) is 12.4 Å². The second-order valence-electron chi connectivity index (χ2n) is 5.04. The lowest BCUT2D eigenvalue weighted by Crippen LogP contribution is -2.11. The third-order valence-corrected chi connectivity index (χ3v) is 5.35. The molecule has 1 amide bonds. The first-order valence-corrected chi connectivity index (χ1v) is 9.31. The summed E-state index contributed by atoms with van der Waals surface area (Å²) in [5.41, 5.74) is 2.06. The van der Waals surface area contributed by atoms with Crippen molar-refractivity contribution < 1.29 is 14.3 Å². The molecule has 0 aliphatic heterocycles. The molecular weight excluding hydrogens is 372 g/mol. The smallest absolute Gasteiger partial charge is 0.337 e. The lowest BCUT2D eigenvalue weighted by Gasteiger charge is -2.01. The van der Waals surface area contributed by atoms with Gasteiger partial charge in [-0.1, -0.05) is 35.2 Å². The van der Waals surface area contributed by atoms with Gasteiger partial charge < -0.3 is 4.74 Å². The highest BCUT2D eigenvalue weighted by Crippen LogP contribution is 2.28. The van der Waals surface area contributed by atoms with Crippen molar-refractivity contribution in [3.05, 3.63) is 65.5 Å². The third kappa shape index (κ3) is 4.64. The maximum atomic E-state index is 12.1. The zero-order valence-electron chi connectivity index (χ0n) is 13.7. The second kappa shape index (κ2) is 8.54. The molecule has 0 unspecified atom stereocenters. The fraction of sp³-hybridized carbons (Fsp3) is 0.118. The Labute approximate surface area is 157 Å². The molecule has 0 fully saturated rings. The Kier molecular flexibility index (Phi) is 5.92. The fourth-order valence-corrected chi connectivity index (χ4v) is 3.69. The van der Waals surface area contributed by atoms with Crippen LogP contribution in [0.1, 0.15) is 26.3 Å². The summed E-state index contributed by atoms with van der Waals surface area (Å²) >= 11 is 2.81. The number of benzene rings is 1. The van der Waals surface area contributed by atoms with Gasteiger partial charge in [-0.3, -0.25) is 15.1 Å². The highest BCUT2D eigenvalue weighted by molar-refractivity contribution is 8.00. The van der Waals surface area contributed by atoms with Gasteiger partial charge in [0.2, 0.25) is 5.13 Å². The first-order valence-electron chi connectivity index (χ1n) is 7.50. The highest BCUT2D eigenvalue weighted by atomic mass is 32.2. The number of rotatable bonds is 6. The molecular formula is C17H14N4O3S2. The number of carbonyl (C=O) groups excluding carboxylic acids is 2. The predicted octanol–water partition coefficient (Wildman–Crippen LogP) is 3.26. The number of esters is 1. The zero-order valence-corrected chi connectivity index (χ0v) is 15.3. The van der Waals surface area contributed by atoms with Gasteiger partial charge in [0, 0.05) is 23.7 Å². The lowest BCUT2D eigenvalue weighted by atomic mass is 10.1. The lowest BCUT2D eigenvalue weighted by molar-refractivity contribution is 0.0600. The summed E-state index contributed by atoms with van der Waals surface area (Å²) in [5.74, 6) is 0.0652. The van der Waals surface area contributed by atoms with E-state index in [0.717, 1.165) is 9.90 Å². The average molecular weight is 386 g/mol. The van der Waals surface area contributed by atoms with Gasteiger partial charge >= 0.3 is 5.97 Å². The Bertz CT molecular complexity index is 898. The monoisotopic (exact) mass is 386 g/mol. The molecule has 2 aromatic heterocycles. The summed E-state index contributed by atoms with van der Waals surface area (Å²) < 4.78 is 5.42. The van der Waals surface area contributed by atoms with Crippen LogP contribution < -0.4 is 5.32 Å².